The minimum absolute atomic E-state index is 0.0125. The van der Waals surface area contributed by atoms with Crippen LogP contribution in [0, 0.1) is 13.8 Å². The molecule has 0 aromatic heterocycles. The first-order valence-corrected chi connectivity index (χ1v) is 8.02. The van der Waals surface area contributed by atoms with Gasteiger partial charge in [-0.15, -0.1) is 0 Å². The molecule has 0 atom stereocenters. The van der Waals surface area contributed by atoms with Crippen molar-refractivity contribution in [3.8, 4) is 11.5 Å². The molecule has 7 heteroatoms. The third-order valence-electron chi connectivity index (χ3n) is 3.42. The number of benzene rings is 2. The number of nitrogens with one attached hydrogen (secondary N) is 1. The molecule has 0 aliphatic heterocycles. The lowest BCUT2D eigenvalue weighted by Gasteiger charge is -2.11. The molecule has 0 heterocycles. The Kier molecular flexibility index (Phi) is 6.49. The van der Waals surface area contributed by atoms with Crippen LogP contribution in [0.3, 0.4) is 0 Å². The maximum atomic E-state index is 12.6. The molecule has 140 valence electrons. The number of rotatable bonds is 7. The summed E-state index contributed by atoms with van der Waals surface area (Å²) in [5, 5.41) is 2.59. The van der Waals surface area contributed by atoms with Crippen LogP contribution in [0.1, 0.15) is 16.7 Å². The second kappa shape index (κ2) is 8.60. The molecular weight excluding hydrogens is 347 g/mol. The molecule has 0 saturated heterocycles. The van der Waals surface area contributed by atoms with Crippen molar-refractivity contribution >= 4 is 5.91 Å². The second-order valence-electron chi connectivity index (χ2n) is 5.84. The highest BCUT2D eigenvalue weighted by molar-refractivity contribution is 5.77. The summed E-state index contributed by atoms with van der Waals surface area (Å²) in [6, 6.07) is 10.2. The number of amides is 1. The molecule has 0 unspecified atom stereocenters. The van der Waals surface area contributed by atoms with Gasteiger partial charge in [0.25, 0.3) is 5.91 Å². The fourth-order valence-electron chi connectivity index (χ4n) is 2.34. The van der Waals surface area contributed by atoms with Gasteiger partial charge in [-0.1, -0.05) is 12.1 Å². The van der Waals surface area contributed by atoms with Crippen molar-refractivity contribution in [3.05, 3.63) is 59.2 Å². The third kappa shape index (κ3) is 6.31. The first-order valence-electron chi connectivity index (χ1n) is 8.02. The monoisotopic (exact) mass is 367 g/mol. The van der Waals surface area contributed by atoms with E-state index in [0.717, 1.165) is 29.0 Å². The molecule has 1 amide bonds. The van der Waals surface area contributed by atoms with Crippen molar-refractivity contribution in [2.75, 3.05) is 19.8 Å². The average molecular weight is 367 g/mol. The highest BCUT2D eigenvalue weighted by Gasteiger charge is 2.30. The highest BCUT2D eigenvalue weighted by Crippen LogP contribution is 2.31. The zero-order chi connectivity index (χ0) is 19.2. The molecule has 26 heavy (non-hydrogen) atoms. The van der Waals surface area contributed by atoms with Crippen LogP contribution < -0.4 is 14.8 Å². The summed E-state index contributed by atoms with van der Waals surface area (Å²) in [6.45, 7) is 4.10. The van der Waals surface area contributed by atoms with Gasteiger partial charge in [-0.3, -0.25) is 4.79 Å². The largest absolute Gasteiger partial charge is 0.492 e. The standard InChI is InChI=1S/C19H20F3NO3/c1-13-8-14(2)10-17(9-13)25-7-6-23-18(24)12-26-16-5-3-4-15(11-16)19(20,21)22/h3-5,8-11H,6-7,12H2,1-2H3,(H,23,24). The molecule has 2 aromatic rings. The second-order valence-corrected chi connectivity index (χ2v) is 5.84. The van der Waals surface area contributed by atoms with E-state index >= 15 is 0 Å². The van der Waals surface area contributed by atoms with Crippen molar-refractivity contribution in [3.63, 3.8) is 0 Å². The van der Waals surface area contributed by atoms with Gasteiger partial charge in [0.1, 0.15) is 18.1 Å². The minimum atomic E-state index is -4.45. The van der Waals surface area contributed by atoms with E-state index in [1.807, 2.05) is 32.0 Å². The summed E-state index contributed by atoms with van der Waals surface area (Å²) in [5.41, 5.74) is 1.34. The van der Waals surface area contributed by atoms with Crippen LogP contribution in [0.5, 0.6) is 11.5 Å². The van der Waals surface area contributed by atoms with Gasteiger partial charge in [-0.05, 0) is 55.3 Å². The molecule has 4 nitrogen and oxygen atoms in total. The Bertz CT molecular complexity index is 740. The van der Waals surface area contributed by atoms with Gasteiger partial charge in [0.15, 0.2) is 6.61 Å². The molecule has 1 N–H and O–H groups in total. The molecule has 0 aliphatic carbocycles. The third-order valence-corrected chi connectivity index (χ3v) is 3.42. The zero-order valence-corrected chi connectivity index (χ0v) is 14.5. The molecule has 2 aromatic carbocycles. The highest BCUT2D eigenvalue weighted by atomic mass is 19.4. The van der Waals surface area contributed by atoms with Gasteiger partial charge >= 0.3 is 6.18 Å². The van der Waals surface area contributed by atoms with Crippen LogP contribution in [0.4, 0.5) is 13.2 Å². The quantitative estimate of drug-likeness (QED) is 0.755. The fraction of sp³-hybridized carbons (Fsp3) is 0.316. The van der Waals surface area contributed by atoms with Crippen LogP contribution in [0.25, 0.3) is 0 Å². The number of hydrogen-bond acceptors (Lipinski definition) is 3. The van der Waals surface area contributed by atoms with Gasteiger partial charge < -0.3 is 14.8 Å². The van der Waals surface area contributed by atoms with Crippen LogP contribution in [0.2, 0.25) is 0 Å². The number of carbonyl (C=O) groups is 1. The Morgan fingerprint density at radius 1 is 1.00 bits per heavy atom. The van der Waals surface area contributed by atoms with Crippen molar-refractivity contribution < 1.29 is 27.4 Å². The van der Waals surface area contributed by atoms with Crippen molar-refractivity contribution in [2.24, 2.45) is 0 Å². The van der Waals surface area contributed by atoms with E-state index < -0.39 is 17.6 Å². The van der Waals surface area contributed by atoms with E-state index in [4.69, 9.17) is 9.47 Å². The average Bonchev–Trinajstić information content (AvgIpc) is 2.55. The predicted octanol–water partition coefficient (Wildman–Crippen LogP) is 3.90. The zero-order valence-electron chi connectivity index (χ0n) is 14.5. The summed E-state index contributed by atoms with van der Waals surface area (Å²) in [4.78, 5) is 11.7. The lowest BCUT2D eigenvalue weighted by Crippen LogP contribution is -2.32. The van der Waals surface area contributed by atoms with Gasteiger partial charge in [-0.2, -0.15) is 13.2 Å². The molecule has 0 bridgehead atoms. The molecular formula is C19H20F3NO3. The van der Waals surface area contributed by atoms with Crippen LogP contribution in [-0.4, -0.2) is 25.7 Å². The van der Waals surface area contributed by atoms with Crippen molar-refractivity contribution in [1.82, 2.24) is 5.32 Å². The number of carbonyl (C=O) groups excluding carboxylic acids is 1. The Balaban J connectivity index is 1.72. The molecule has 0 aliphatic rings. The maximum Gasteiger partial charge on any atom is 0.416 e. The molecule has 0 spiro atoms. The van der Waals surface area contributed by atoms with E-state index in [1.54, 1.807) is 0 Å². The predicted molar refractivity (Wildman–Crippen MR) is 91.4 cm³/mol. The van der Waals surface area contributed by atoms with E-state index in [1.165, 1.54) is 12.1 Å². The maximum absolute atomic E-state index is 12.6. The summed E-state index contributed by atoms with van der Waals surface area (Å²) in [6.07, 6.45) is -4.45. The fourth-order valence-corrected chi connectivity index (χ4v) is 2.34. The lowest BCUT2D eigenvalue weighted by atomic mass is 10.1. The number of aryl methyl sites for hydroxylation is 2. The number of hydrogen-bond donors (Lipinski definition) is 1. The molecule has 2 rings (SSSR count). The van der Waals surface area contributed by atoms with Crippen molar-refractivity contribution in [2.45, 2.75) is 20.0 Å². The van der Waals surface area contributed by atoms with Gasteiger partial charge in [0.05, 0.1) is 12.1 Å². The van der Waals surface area contributed by atoms with E-state index in [0.29, 0.717) is 0 Å². The topological polar surface area (TPSA) is 47.6 Å². The van der Waals surface area contributed by atoms with Gasteiger partial charge in [-0.25, -0.2) is 0 Å². The smallest absolute Gasteiger partial charge is 0.416 e. The summed E-state index contributed by atoms with van der Waals surface area (Å²) in [7, 11) is 0. The van der Waals surface area contributed by atoms with Crippen LogP contribution in [0.15, 0.2) is 42.5 Å². The summed E-state index contributed by atoms with van der Waals surface area (Å²) in [5.74, 6) is 0.268. The number of alkyl halides is 3. The van der Waals surface area contributed by atoms with Gasteiger partial charge in [0, 0.05) is 0 Å². The normalized spacial score (nSPS) is 11.1. The Labute approximate surface area is 149 Å². The van der Waals surface area contributed by atoms with E-state index in [9.17, 15) is 18.0 Å². The number of halogens is 3. The Morgan fingerprint density at radius 2 is 1.69 bits per heavy atom. The molecule has 0 saturated carbocycles. The lowest BCUT2D eigenvalue weighted by molar-refractivity contribution is -0.137. The van der Waals surface area contributed by atoms with E-state index in [-0.39, 0.29) is 25.5 Å². The summed E-state index contributed by atoms with van der Waals surface area (Å²) >= 11 is 0. The number of ether oxygens (including phenoxy) is 2. The van der Waals surface area contributed by atoms with Crippen LogP contribution in [-0.2, 0) is 11.0 Å². The molecule has 0 radical (unpaired) electrons. The first kappa shape index (κ1) is 19.6. The summed E-state index contributed by atoms with van der Waals surface area (Å²) < 4.78 is 48.5. The Hall–Kier alpha value is -2.70. The SMILES string of the molecule is Cc1cc(C)cc(OCCNC(=O)COc2cccc(C(F)(F)F)c2)c1. The Morgan fingerprint density at radius 3 is 2.35 bits per heavy atom. The minimum Gasteiger partial charge on any atom is -0.492 e. The first-order chi connectivity index (χ1) is 12.2. The van der Waals surface area contributed by atoms with E-state index in [2.05, 4.69) is 5.32 Å². The van der Waals surface area contributed by atoms with Gasteiger partial charge in [0.2, 0.25) is 0 Å². The van der Waals surface area contributed by atoms with Crippen molar-refractivity contribution in [1.29, 1.82) is 0 Å². The van der Waals surface area contributed by atoms with Crippen LogP contribution >= 0.6 is 0 Å². The molecule has 0 fully saturated rings.